The highest BCUT2D eigenvalue weighted by atomic mass is 32.2. The van der Waals surface area contributed by atoms with E-state index in [0.717, 1.165) is 16.4 Å². The zero-order valence-corrected chi connectivity index (χ0v) is 19.7. The summed E-state index contributed by atoms with van der Waals surface area (Å²) in [5.74, 6) is 1.68. The first-order valence-corrected chi connectivity index (χ1v) is 12.2. The first kappa shape index (κ1) is 23.6. The summed E-state index contributed by atoms with van der Waals surface area (Å²) in [5.41, 5.74) is 3.24. The van der Waals surface area contributed by atoms with Crippen LogP contribution in [0.15, 0.2) is 71.7 Å². The fourth-order valence-electron chi connectivity index (χ4n) is 2.90. The Bertz CT molecular complexity index is 1060. The minimum absolute atomic E-state index is 0.220. The van der Waals surface area contributed by atoms with Gasteiger partial charge in [-0.2, -0.15) is 11.8 Å². The van der Waals surface area contributed by atoms with Gasteiger partial charge in [0, 0.05) is 28.5 Å². The summed E-state index contributed by atoms with van der Waals surface area (Å²) >= 11 is 3.26. The van der Waals surface area contributed by atoms with Gasteiger partial charge in [-0.3, -0.25) is 9.59 Å². The molecule has 5 nitrogen and oxygen atoms in total. The molecule has 2 amide bonds. The van der Waals surface area contributed by atoms with Gasteiger partial charge in [-0.15, -0.1) is 11.3 Å². The smallest absolute Gasteiger partial charge is 0.267 e. The van der Waals surface area contributed by atoms with E-state index in [0.29, 0.717) is 17.9 Å². The molecule has 0 unspecified atom stereocenters. The Balaban J connectivity index is 1.57. The number of carbonyl (C=O) groups is 2. The Kier molecular flexibility index (Phi) is 8.95. The summed E-state index contributed by atoms with van der Waals surface area (Å²) in [4.78, 5) is 26.4. The molecule has 0 saturated carbocycles. The Morgan fingerprint density at radius 2 is 1.84 bits per heavy atom. The van der Waals surface area contributed by atoms with Gasteiger partial charge in [0.25, 0.3) is 11.8 Å². The molecule has 7 heteroatoms. The van der Waals surface area contributed by atoms with Gasteiger partial charge in [-0.25, -0.2) is 0 Å². The van der Waals surface area contributed by atoms with Gasteiger partial charge < -0.3 is 15.4 Å². The van der Waals surface area contributed by atoms with Crippen molar-refractivity contribution in [1.82, 2.24) is 10.6 Å². The maximum atomic E-state index is 12.8. The van der Waals surface area contributed by atoms with Gasteiger partial charge in [0.15, 0.2) is 0 Å². The van der Waals surface area contributed by atoms with Crippen molar-refractivity contribution >= 4 is 41.0 Å². The van der Waals surface area contributed by atoms with Crippen molar-refractivity contribution in [3.8, 4) is 5.75 Å². The monoisotopic (exact) mass is 466 g/mol. The molecule has 0 spiro atoms. The summed E-state index contributed by atoms with van der Waals surface area (Å²) < 4.78 is 5.13. The predicted octanol–water partition coefficient (Wildman–Crippen LogP) is 4.89. The third-order valence-electron chi connectivity index (χ3n) is 4.73. The number of benzene rings is 2. The van der Waals surface area contributed by atoms with Crippen molar-refractivity contribution < 1.29 is 14.3 Å². The van der Waals surface area contributed by atoms with E-state index in [1.165, 1.54) is 22.5 Å². The molecule has 1 heterocycles. The number of carbonyl (C=O) groups excluding carboxylic acids is 2. The Morgan fingerprint density at radius 3 is 2.53 bits per heavy atom. The highest BCUT2D eigenvalue weighted by Crippen LogP contribution is 2.16. The standard InChI is InChI=1S/C25H26N2O3S2/c1-18-6-3-4-7-20(18)17-31-15-13-26-25(29)23(16-22-8-5-14-32-22)27-24(28)19-9-11-21(30-2)12-10-19/h3-12,14,16H,13,15,17H2,1-2H3,(H,26,29)(H,27,28)/b23-16-. The highest BCUT2D eigenvalue weighted by molar-refractivity contribution is 7.98. The zero-order valence-electron chi connectivity index (χ0n) is 18.1. The van der Waals surface area contributed by atoms with E-state index in [9.17, 15) is 9.59 Å². The van der Waals surface area contributed by atoms with E-state index >= 15 is 0 Å². The van der Waals surface area contributed by atoms with Crippen LogP contribution < -0.4 is 15.4 Å². The molecule has 3 aromatic rings. The maximum Gasteiger partial charge on any atom is 0.267 e. The van der Waals surface area contributed by atoms with Gasteiger partial charge in [-0.1, -0.05) is 30.3 Å². The number of thioether (sulfide) groups is 1. The molecule has 2 N–H and O–H groups in total. The first-order valence-electron chi connectivity index (χ1n) is 10.2. The van der Waals surface area contributed by atoms with Gasteiger partial charge in [-0.05, 0) is 59.8 Å². The summed E-state index contributed by atoms with van der Waals surface area (Å²) in [6.07, 6.45) is 1.70. The first-order chi connectivity index (χ1) is 15.6. The molecule has 0 radical (unpaired) electrons. The number of thiophene rings is 1. The molecule has 0 fully saturated rings. The molecule has 0 aliphatic heterocycles. The third-order valence-corrected chi connectivity index (χ3v) is 6.55. The quantitative estimate of drug-likeness (QED) is 0.330. The normalized spacial score (nSPS) is 11.1. The van der Waals surface area contributed by atoms with Gasteiger partial charge in [0.2, 0.25) is 0 Å². The lowest BCUT2D eigenvalue weighted by Gasteiger charge is -2.11. The molecule has 1 aromatic heterocycles. The van der Waals surface area contributed by atoms with E-state index in [1.54, 1.807) is 49.2 Å². The molecule has 166 valence electrons. The molecule has 2 aromatic carbocycles. The third kappa shape index (κ3) is 7.00. The second-order valence-corrected chi connectivity index (χ2v) is 9.08. The topological polar surface area (TPSA) is 67.4 Å². The summed E-state index contributed by atoms with van der Waals surface area (Å²) in [5, 5.41) is 7.59. The number of nitrogens with one attached hydrogen (secondary N) is 2. The summed E-state index contributed by atoms with van der Waals surface area (Å²) in [6, 6.07) is 18.8. The van der Waals surface area contributed by atoms with Crippen LogP contribution in [0.5, 0.6) is 5.75 Å². The summed E-state index contributed by atoms with van der Waals surface area (Å²) in [6.45, 7) is 2.61. The largest absolute Gasteiger partial charge is 0.497 e. The van der Waals surface area contributed by atoms with Crippen LogP contribution in [0, 0.1) is 6.92 Å². The lowest BCUT2D eigenvalue weighted by molar-refractivity contribution is -0.117. The lowest BCUT2D eigenvalue weighted by Crippen LogP contribution is -2.35. The van der Waals surface area contributed by atoms with Crippen LogP contribution in [-0.4, -0.2) is 31.2 Å². The number of ether oxygens (including phenoxy) is 1. The number of hydrogen-bond acceptors (Lipinski definition) is 5. The average Bonchev–Trinajstić information content (AvgIpc) is 3.32. The molecule has 0 saturated heterocycles. The second kappa shape index (κ2) is 12.1. The van der Waals surface area contributed by atoms with E-state index in [1.807, 2.05) is 29.6 Å². The highest BCUT2D eigenvalue weighted by Gasteiger charge is 2.15. The molecule has 0 aliphatic carbocycles. The van der Waals surface area contributed by atoms with Crippen LogP contribution >= 0.6 is 23.1 Å². The number of rotatable bonds is 10. The SMILES string of the molecule is COc1ccc(C(=O)N/C(=C\c2cccs2)C(=O)NCCSCc2ccccc2C)cc1. The molecular weight excluding hydrogens is 440 g/mol. The van der Waals surface area contributed by atoms with E-state index in [2.05, 4.69) is 29.7 Å². The van der Waals surface area contributed by atoms with Crippen molar-refractivity contribution in [3.05, 3.63) is 93.3 Å². The Hall–Kier alpha value is -3.03. The van der Waals surface area contributed by atoms with Crippen LogP contribution in [0.25, 0.3) is 6.08 Å². The Morgan fingerprint density at radius 1 is 1.06 bits per heavy atom. The second-order valence-electron chi connectivity index (χ2n) is 6.99. The van der Waals surface area contributed by atoms with Crippen molar-refractivity contribution in [1.29, 1.82) is 0 Å². The van der Waals surface area contributed by atoms with E-state index in [4.69, 9.17) is 4.74 Å². The van der Waals surface area contributed by atoms with Crippen LogP contribution in [-0.2, 0) is 10.5 Å². The van der Waals surface area contributed by atoms with Crippen molar-refractivity contribution in [2.75, 3.05) is 19.4 Å². The molecule has 3 rings (SSSR count). The fraction of sp³-hybridized carbons (Fsp3) is 0.200. The number of methoxy groups -OCH3 is 1. The Labute approximate surface area is 196 Å². The number of amides is 2. The minimum Gasteiger partial charge on any atom is -0.497 e. The number of aryl methyl sites for hydroxylation is 1. The van der Waals surface area contributed by atoms with Crippen LogP contribution in [0.1, 0.15) is 26.4 Å². The summed E-state index contributed by atoms with van der Waals surface area (Å²) in [7, 11) is 1.57. The number of hydrogen-bond donors (Lipinski definition) is 2. The zero-order chi connectivity index (χ0) is 22.8. The molecule has 32 heavy (non-hydrogen) atoms. The van der Waals surface area contributed by atoms with Gasteiger partial charge in [0.05, 0.1) is 7.11 Å². The average molecular weight is 467 g/mol. The van der Waals surface area contributed by atoms with Crippen molar-refractivity contribution in [2.45, 2.75) is 12.7 Å². The fourth-order valence-corrected chi connectivity index (χ4v) is 4.49. The van der Waals surface area contributed by atoms with Gasteiger partial charge in [0.1, 0.15) is 11.4 Å². The minimum atomic E-state index is -0.348. The van der Waals surface area contributed by atoms with Crippen LogP contribution in [0.4, 0.5) is 0 Å². The van der Waals surface area contributed by atoms with E-state index < -0.39 is 0 Å². The molecule has 0 atom stereocenters. The van der Waals surface area contributed by atoms with Crippen LogP contribution in [0.3, 0.4) is 0 Å². The molecule has 0 aliphatic rings. The lowest BCUT2D eigenvalue weighted by atomic mass is 10.1. The van der Waals surface area contributed by atoms with Crippen molar-refractivity contribution in [2.24, 2.45) is 0 Å². The van der Waals surface area contributed by atoms with E-state index in [-0.39, 0.29) is 17.5 Å². The van der Waals surface area contributed by atoms with Crippen LogP contribution in [0.2, 0.25) is 0 Å². The van der Waals surface area contributed by atoms with Crippen molar-refractivity contribution in [3.63, 3.8) is 0 Å². The molecular formula is C25H26N2O3S2. The molecule has 0 bridgehead atoms. The van der Waals surface area contributed by atoms with Gasteiger partial charge >= 0.3 is 0 Å². The maximum absolute atomic E-state index is 12.8. The predicted molar refractivity (Wildman–Crippen MR) is 133 cm³/mol.